The highest BCUT2D eigenvalue weighted by molar-refractivity contribution is 6.32. The third-order valence-electron chi connectivity index (χ3n) is 5.90. The number of ether oxygens (including phenoxy) is 2. The van der Waals surface area contributed by atoms with Gasteiger partial charge in [-0.1, -0.05) is 54.8 Å². The first kappa shape index (κ1) is 20.2. The highest BCUT2D eigenvalue weighted by atomic mass is 35.5. The summed E-state index contributed by atoms with van der Waals surface area (Å²) < 4.78 is 11.2. The van der Waals surface area contributed by atoms with Crippen LogP contribution in [0.1, 0.15) is 37.3 Å². The van der Waals surface area contributed by atoms with Crippen molar-refractivity contribution in [1.82, 2.24) is 4.90 Å². The summed E-state index contributed by atoms with van der Waals surface area (Å²) in [5.74, 6) is 0.427. The van der Waals surface area contributed by atoms with Gasteiger partial charge < -0.3 is 14.8 Å². The number of morpholine rings is 1. The maximum atomic E-state index is 13.2. The highest BCUT2D eigenvalue weighted by Gasteiger charge is 2.41. The van der Waals surface area contributed by atoms with Crippen LogP contribution in [0.15, 0.2) is 48.5 Å². The van der Waals surface area contributed by atoms with Gasteiger partial charge in [-0.3, -0.25) is 9.69 Å². The molecule has 2 aromatic carbocycles. The molecule has 1 saturated heterocycles. The number of hydrogen-bond donors (Lipinski definition) is 1. The van der Waals surface area contributed by atoms with E-state index in [9.17, 15) is 4.79 Å². The van der Waals surface area contributed by atoms with Crippen LogP contribution < -0.4 is 10.1 Å². The van der Waals surface area contributed by atoms with Crippen molar-refractivity contribution in [3.63, 3.8) is 0 Å². The number of benzene rings is 2. The molecule has 1 heterocycles. The van der Waals surface area contributed by atoms with Gasteiger partial charge in [0, 0.05) is 18.3 Å². The smallest absolute Gasteiger partial charge is 0.255 e. The van der Waals surface area contributed by atoms with Crippen LogP contribution in [0.5, 0.6) is 5.75 Å². The van der Waals surface area contributed by atoms with Crippen LogP contribution >= 0.6 is 11.6 Å². The Morgan fingerprint density at radius 2 is 1.93 bits per heavy atom. The quantitative estimate of drug-likeness (QED) is 0.772. The number of methoxy groups -OCH3 is 1. The van der Waals surface area contributed by atoms with Crippen molar-refractivity contribution in [3.8, 4) is 5.75 Å². The van der Waals surface area contributed by atoms with Gasteiger partial charge in [0.1, 0.15) is 5.75 Å². The number of amides is 1. The van der Waals surface area contributed by atoms with Crippen LogP contribution in [-0.4, -0.2) is 43.2 Å². The monoisotopic (exact) mass is 414 g/mol. The summed E-state index contributed by atoms with van der Waals surface area (Å²) in [5, 5.41) is 3.44. The normalized spacial score (nSPS) is 23.1. The van der Waals surface area contributed by atoms with Gasteiger partial charge in [0.15, 0.2) is 6.10 Å². The van der Waals surface area contributed by atoms with Crippen molar-refractivity contribution in [1.29, 1.82) is 0 Å². The fraction of sp³-hybridized carbons (Fsp3) is 0.435. The molecular weight excluding hydrogens is 388 g/mol. The standard InChI is InChI=1S/C23H27ClN2O3/c1-28-20-12-11-17(15-19(20)24)25-23(27)22-21(16-7-3-2-4-8-16)26(13-14-29-22)18-9-5-6-10-18/h2-4,7-8,11-12,15,18,21-22H,5-6,9-10,13-14H2,1H3,(H,25,27)/t21-,22+/m0/s1. The number of nitrogens with zero attached hydrogens (tertiary/aromatic N) is 1. The molecule has 1 amide bonds. The molecule has 0 aromatic heterocycles. The van der Waals surface area contributed by atoms with Gasteiger partial charge in [-0.15, -0.1) is 0 Å². The molecule has 2 aromatic rings. The summed E-state index contributed by atoms with van der Waals surface area (Å²) in [6.07, 6.45) is 4.31. The fourth-order valence-electron chi connectivity index (χ4n) is 4.53. The fourth-order valence-corrected chi connectivity index (χ4v) is 4.79. The zero-order valence-corrected chi connectivity index (χ0v) is 17.4. The third kappa shape index (κ3) is 4.42. The zero-order valence-electron chi connectivity index (χ0n) is 16.6. The van der Waals surface area contributed by atoms with Crippen molar-refractivity contribution >= 4 is 23.2 Å². The summed E-state index contributed by atoms with van der Waals surface area (Å²) in [5.41, 5.74) is 1.75. The second kappa shape index (κ2) is 9.16. The lowest BCUT2D eigenvalue weighted by Crippen LogP contribution is -2.53. The Morgan fingerprint density at radius 1 is 1.17 bits per heavy atom. The molecule has 154 valence electrons. The lowest BCUT2D eigenvalue weighted by atomic mass is 9.95. The van der Waals surface area contributed by atoms with Gasteiger partial charge in [-0.05, 0) is 36.6 Å². The van der Waals surface area contributed by atoms with Crippen LogP contribution in [-0.2, 0) is 9.53 Å². The van der Waals surface area contributed by atoms with Crippen molar-refractivity contribution in [2.75, 3.05) is 25.6 Å². The van der Waals surface area contributed by atoms with E-state index >= 15 is 0 Å². The average Bonchev–Trinajstić information content (AvgIpc) is 3.29. The molecule has 1 saturated carbocycles. The number of carbonyl (C=O) groups is 1. The third-order valence-corrected chi connectivity index (χ3v) is 6.20. The Bertz CT molecular complexity index is 839. The lowest BCUT2D eigenvalue weighted by molar-refractivity contribution is -0.143. The van der Waals surface area contributed by atoms with Crippen LogP contribution in [0.25, 0.3) is 0 Å². The first-order valence-electron chi connectivity index (χ1n) is 10.2. The van der Waals surface area contributed by atoms with E-state index in [4.69, 9.17) is 21.1 Å². The Kier molecular flexibility index (Phi) is 6.38. The van der Waals surface area contributed by atoms with Gasteiger partial charge >= 0.3 is 0 Å². The number of carbonyl (C=O) groups excluding carboxylic acids is 1. The Morgan fingerprint density at radius 3 is 2.62 bits per heavy atom. The molecule has 1 N–H and O–H groups in total. The Hall–Kier alpha value is -2.08. The van der Waals surface area contributed by atoms with E-state index in [0.717, 1.165) is 12.1 Å². The van der Waals surface area contributed by atoms with Crippen molar-refractivity contribution in [2.45, 2.75) is 43.9 Å². The molecule has 4 rings (SSSR count). The van der Waals surface area contributed by atoms with E-state index in [1.165, 1.54) is 25.7 Å². The maximum absolute atomic E-state index is 13.2. The molecule has 1 aliphatic heterocycles. The molecule has 2 aliphatic rings. The molecule has 29 heavy (non-hydrogen) atoms. The SMILES string of the molecule is COc1ccc(NC(=O)[C@@H]2OCCN(C3CCCC3)[C@H]2c2ccccc2)cc1Cl. The Labute approximate surface area is 176 Å². The van der Waals surface area contributed by atoms with Crippen LogP contribution in [0.3, 0.4) is 0 Å². The maximum Gasteiger partial charge on any atom is 0.255 e. The molecule has 2 atom stereocenters. The van der Waals surface area contributed by atoms with E-state index in [1.54, 1.807) is 25.3 Å². The van der Waals surface area contributed by atoms with Crippen molar-refractivity contribution in [2.24, 2.45) is 0 Å². The van der Waals surface area contributed by atoms with Crippen LogP contribution in [0.2, 0.25) is 5.02 Å². The summed E-state index contributed by atoms with van der Waals surface area (Å²) >= 11 is 6.22. The molecule has 0 spiro atoms. The number of halogens is 1. The van der Waals surface area contributed by atoms with Crippen LogP contribution in [0.4, 0.5) is 5.69 Å². The first-order valence-corrected chi connectivity index (χ1v) is 10.6. The minimum absolute atomic E-state index is 0.0956. The number of nitrogens with one attached hydrogen (secondary N) is 1. The molecule has 0 unspecified atom stereocenters. The van der Waals surface area contributed by atoms with Gasteiger partial charge in [-0.25, -0.2) is 0 Å². The van der Waals surface area contributed by atoms with Gasteiger partial charge in [-0.2, -0.15) is 0 Å². The number of rotatable bonds is 5. The molecule has 0 radical (unpaired) electrons. The first-order chi connectivity index (χ1) is 14.2. The van der Waals surface area contributed by atoms with E-state index in [2.05, 4.69) is 22.3 Å². The summed E-state index contributed by atoms with van der Waals surface area (Å²) in [4.78, 5) is 15.7. The molecular formula is C23H27ClN2O3. The number of anilines is 1. The molecule has 5 nitrogen and oxygen atoms in total. The minimum atomic E-state index is -0.576. The van der Waals surface area contributed by atoms with Crippen molar-refractivity contribution < 1.29 is 14.3 Å². The molecule has 0 bridgehead atoms. The summed E-state index contributed by atoms with van der Waals surface area (Å²) in [6, 6.07) is 15.9. The van der Waals surface area contributed by atoms with E-state index in [0.29, 0.717) is 29.1 Å². The highest BCUT2D eigenvalue weighted by Crippen LogP contribution is 2.37. The van der Waals surface area contributed by atoms with E-state index < -0.39 is 6.10 Å². The summed E-state index contributed by atoms with van der Waals surface area (Å²) in [7, 11) is 1.57. The summed E-state index contributed by atoms with van der Waals surface area (Å²) in [6.45, 7) is 1.41. The lowest BCUT2D eigenvalue weighted by Gasteiger charge is -2.44. The molecule has 1 aliphatic carbocycles. The van der Waals surface area contributed by atoms with E-state index in [1.807, 2.05) is 18.2 Å². The minimum Gasteiger partial charge on any atom is -0.495 e. The second-order valence-electron chi connectivity index (χ2n) is 7.66. The molecule has 6 heteroatoms. The van der Waals surface area contributed by atoms with E-state index in [-0.39, 0.29) is 11.9 Å². The Balaban J connectivity index is 1.59. The number of hydrogen-bond acceptors (Lipinski definition) is 4. The zero-order chi connectivity index (χ0) is 20.2. The van der Waals surface area contributed by atoms with Gasteiger partial charge in [0.25, 0.3) is 5.91 Å². The largest absolute Gasteiger partial charge is 0.495 e. The topological polar surface area (TPSA) is 50.8 Å². The predicted octanol–water partition coefficient (Wildman–Crippen LogP) is 4.67. The van der Waals surface area contributed by atoms with Crippen LogP contribution in [0, 0.1) is 0 Å². The van der Waals surface area contributed by atoms with Gasteiger partial charge in [0.2, 0.25) is 0 Å². The molecule has 2 fully saturated rings. The second-order valence-corrected chi connectivity index (χ2v) is 8.07. The van der Waals surface area contributed by atoms with Crippen molar-refractivity contribution in [3.05, 3.63) is 59.1 Å². The predicted molar refractivity (Wildman–Crippen MR) is 115 cm³/mol. The van der Waals surface area contributed by atoms with Gasteiger partial charge in [0.05, 0.1) is 24.8 Å². The average molecular weight is 415 g/mol.